The van der Waals surface area contributed by atoms with Crippen LogP contribution in [0, 0.1) is 5.92 Å². The first-order valence-electron chi connectivity index (χ1n) is 14.0. The maximum atomic E-state index is 12.9. The van der Waals surface area contributed by atoms with Crippen molar-refractivity contribution in [3.8, 4) is 17.2 Å². The third kappa shape index (κ3) is 6.82. The molecule has 1 aliphatic carbocycles. The number of phenols is 1. The molecule has 4 rings (SSSR count). The molecule has 0 radical (unpaired) electrons. The fraction of sp³-hybridized carbons (Fsp3) is 0.645. The number of rotatable bonds is 13. The number of ether oxygens (including phenoxy) is 7. The first kappa shape index (κ1) is 30.4. The van der Waals surface area contributed by atoms with E-state index >= 15 is 0 Å². The molecule has 2 saturated heterocycles. The lowest BCUT2D eigenvalue weighted by Gasteiger charge is -2.42. The molecule has 0 bridgehead atoms. The number of carbonyl (C=O) groups excluding carboxylic acids is 1. The summed E-state index contributed by atoms with van der Waals surface area (Å²) < 4.78 is 40.6. The van der Waals surface area contributed by atoms with Crippen LogP contribution < -0.4 is 9.47 Å². The Morgan fingerprint density at radius 2 is 1.98 bits per heavy atom. The molecule has 6 atom stereocenters. The van der Waals surface area contributed by atoms with Gasteiger partial charge in [0.15, 0.2) is 11.5 Å². The van der Waals surface area contributed by atoms with Gasteiger partial charge in [-0.15, -0.1) is 0 Å². The van der Waals surface area contributed by atoms with Crippen LogP contribution in [0.5, 0.6) is 17.2 Å². The van der Waals surface area contributed by atoms with Crippen LogP contribution in [-0.4, -0.2) is 80.7 Å². The Hall–Kier alpha value is -2.59. The minimum absolute atomic E-state index is 0.0456. The van der Waals surface area contributed by atoms with E-state index in [2.05, 4.69) is 26.8 Å². The highest BCUT2D eigenvalue weighted by molar-refractivity contribution is 5.87. The van der Waals surface area contributed by atoms with Gasteiger partial charge in [0.05, 0.1) is 38.4 Å². The quantitative estimate of drug-likeness (QED) is 0.119. The number of esters is 1. The second kappa shape index (κ2) is 12.5. The van der Waals surface area contributed by atoms with Crippen LogP contribution in [0.2, 0.25) is 0 Å². The van der Waals surface area contributed by atoms with Crippen molar-refractivity contribution < 1.29 is 43.1 Å². The van der Waals surface area contributed by atoms with E-state index in [0.29, 0.717) is 30.9 Å². The van der Waals surface area contributed by atoms with Gasteiger partial charge in [-0.3, -0.25) is 0 Å². The molecule has 0 amide bonds. The monoisotopic (exact) mass is 560 g/mol. The summed E-state index contributed by atoms with van der Waals surface area (Å²) in [7, 11) is 3.14. The molecule has 3 fully saturated rings. The van der Waals surface area contributed by atoms with Gasteiger partial charge in [-0.25, -0.2) is 4.79 Å². The molecule has 1 spiro atoms. The fourth-order valence-electron chi connectivity index (χ4n) is 5.85. The molecule has 1 aromatic carbocycles. The molecule has 1 saturated carbocycles. The van der Waals surface area contributed by atoms with Gasteiger partial charge in [0.1, 0.15) is 30.0 Å². The van der Waals surface area contributed by atoms with Crippen molar-refractivity contribution in [2.45, 2.75) is 89.5 Å². The molecule has 0 aromatic heterocycles. The van der Waals surface area contributed by atoms with E-state index in [4.69, 9.17) is 33.2 Å². The zero-order chi connectivity index (χ0) is 29.1. The number of carbonyl (C=O) groups is 1. The minimum atomic E-state index is -0.494. The SMILES string of the molecule is COc1cc(/C=C/C(=O)O[C@@H]2CC[C@]3(CO3)C(C3(C)O[C@H]3CC=C(C)C)[C@@H]2OC)cc(O)c1OCCOC(C)C. The molecule has 2 aliphatic heterocycles. The van der Waals surface area contributed by atoms with Gasteiger partial charge >= 0.3 is 5.97 Å². The molecular formula is C31H44O9. The topological polar surface area (TPSA) is 109 Å². The van der Waals surface area contributed by atoms with Gasteiger partial charge in [-0.1, -0.05) is 11.6 Å². The maximum Gasteiger partial charge on any atom is 0.331 e. The lowest BCUT2D eigenvalue weighted by Crippen LogP contribution is -2.55. The Kier molecular flexibility index (Phi) is 9.50. The number of aromatic hydroxyl groups is 1. The molecule has 9 heteroatoms. The van der Waals surface area contributed by atoms with E-state index in [1.165, 1.54) is 24.8 Å². The molecule has 40 heavy (non-hydrogen) atoms. The van der Waals surface area contributed by atoms with Gasteiger partial charge < -0.3 is 38.3 Å². The Balaban J connectivity index is 1.41. The number of epoxide rings is 2. The Labute approximate surface area is 237 Å². The van der Waals surface area contributed by atoms with E-state index in [-0.39, 0.29) is 47.9 Å². The lowest BCUT2D eigenvalue weighted by atomic mass is 9.68. The van der Waals surface area contributed by atoms with Gasteiger partial charge in [0, 0.05) is 13.2 Å². The van der Waals surface area contributed by atoms with Crippen molar-refractivity contribution >= 4 is 12.0 Å². The van der Waals surface area contributed by atoms with Crippen LogP contribution in [0.4, 0.5) is 0 Å². The van der Waals surface area contributed by atoms with Gasteiger partial charge in [-0.05, 0) is 77.7 Å². The zero-order valence-electron chi connectivity index (χ0n) is 24.7. The van der Waals surface area contributed by atoms with Crippen LogP contribution in [0.1, 0.15) is 59.4 Å². The second-order valence-electron chi connectivity index (χ2n) is 11.5. The summed E-state index contributed by atoms with van der Waals surface area (Å²) in [4.78, 5) is 12.9. The highest BCUT2D eigenvalue weighted by Crippen LogP contribution is 2.59. The normalized spacial score (nSPS) is 30.9. The average molecular weight is 561 g/mol. The molecule has 1 N–H and O–H groups in total. The van der Waals surface area contributed by atoms with Gasteiger partial charge in [0.25, 0.3) is 0 Å². The Morgan fingerprint density at radius 1 is 1.23 bits per heavy atom. The van der Waals surface area contributed by atoms with E-state index < -0.39 is 17.7 Å². The van der Waals surface area contributed by atoms with E-state index in [0.717, 1.165) is 12.8 Å². The molecule has 2 unspecified atom stereocenters. The summed E-state index contributed by atoms with van der Waals surface area (Å²) >= 11 is 0. The van der Waals surface area contributed by atoms with Crippen molar-refractivity contribution in [1.82, 2.24) is 0 Å². The van der Waals surface area contributed by atoms with E-state index in [9.17, 15) is 9.90 Å². The molecule has 1 aromatic rings. The van der Waals surface area contributed by atoms with Crippen molar-refractivity contribution in [2.75, 3.05) is 34.0 Å². The lowest BCUT2D eigenvalue weighted by molar-refractivity contribution is -0.166. The minimum Gasteiger partial charge on any atom is -0.504 e. The number of hydrogen-bond donors (Lipinski definition) is 1. The van der Waals surface area contributed by atoms with Crippen LogP contribution in [-0.2, 0) is 28.5 Å². The van der Waals surface area contributed by atoms with Crippen molar-refractivity contribution in [1.29, 1.82) is 0 Å². The summed E-state index contributed by atoms with van der Waals surface area (Å²) in [5.74, 6) is -0.0636. The number of benzene rings is 1. The first-order valence-corrected chi connectivity index (χ1v) is 14.0. The Morgan fingerprint density at radius 3 is 2.60 bits per heavy atom. The summed E-state index contributed by atoms with van der Waals surface area (Å²) in [6, 6.07) is 3.19. The molecule has 9 nitrogen and oxygen atoms in total. The number of allylic oxidation sites excluding steroid dienone is 1. The molecule has 222 valence electrons. The van der Waals surface area contributed by atoms with Crippen LogP contribution >= 0.6 is 0 Å². The van der Waals surface area contributed by atoms with Crippen LogP contribution in [0.25, 0.3) is 6.08 Å². The number of phenolic OH excluding ortho intramolecular Hbond substituents is 1. The molecule has 3 aliphatic rings. The summed E-state index contributed by atoms with van der Waals surface area (Å²) in [5, 5.41) is 10.5. The highest BCUT2D eigenvalue weighted by atomic mass is 16.6. The van der Waals surface area contributed by atoms with Gasteiger partial charge in [0.2, 0.25) is 5.75 Å². The molecule has 2 heterocycles. The fourth-order valence-corrected chi connectivity index (χ4v) is 5.85. The van der Waals surface area contributed by atoms with E-state index in [1.807, 2.05) is 13.8 Å². The maximum absolute atomic E-state index is 12.9. The summed E-state index contributed by atoms with van der Waals surface area (Å²) in [6.45, 7) is 11.5. The number of hydrogen-bond acceptors (Lipinski definition) is 9. The van der Waals surface area contributed by atoms with Crippen molar-refractivity contribution in [3.63, 3.8) is 0 Å². The predicted octanol–water partition coefficient (Wildman–Crippen LogP) is 4.84. The standard InChI is InChI=1S/C31H44O9/c1-19(2)8-10-25-30(5,40-25)29-28(35-7)23(12-13-31(29)18-38-31)39-26(33)11-9-21-16-22(32)27(24(17-21)34-6)37-15-14-36-20(3)4/h8-9,11,16-17,20,23,25,28-29,32H,10,12-15,18H2,1-7H3/b11-9+/t23-,25+,28-,29?,30?,31+/m1/s1. The summed E-state index contributed by atoms with van der Waals surface area (Å²) in [6.07, 6.45) is 6.75. The smallest absolute Gasteiger partial charge is 0.331 e. The third-order valence-electron chi connectivity index (χ3n) is 7.97. The van der Waals surface area contributed by atoms with Crippen LogP contribution in [0.15, 0.2) is 29.9 Å². The average Bonchev–Trinajstić information content (AvgIpc) is 3.82. The third-order valence-corrected chi connectivity index (χ3v) is 7.97. The molecular weight excluding hydrogens is 516 g/mol. The predicted molar refractivity (Wildman–Crippen MR) is 150 cm³/mol. The summed E-state index contributed by atoms with van der Waals surface area (Å²) in [5.41, 5.74) is 1.13. The second-order valence-corrected chi connectivity index (χ2v) is 11.5. The van der Waals surface area contributed by atoms with Crippen molar-refractivity contribution in [2.24, 2.45) is 5.92 Å². The highest BCUT2D eigenvalue weighted by Gasteiger charge is 2.72. The van der Waals surface area contributed by atoms with Crippen LogP contribution in [0.3, 0.4) is 0 Å². The van der Waals surface area contributed by atoms with E-state index in [1.54, 1.807) is 19.3 Å². The zero-order valence-corrected chi connectivity index (χ0v) is 24.7. The van der Waals surface area contributed by atoms with Crippen molar-refractivity contribution in [3.05, 3.63) is 35.4 Å². The Bertz CT molecular complexity index is 1100. The van der Waals surface area contributed by atoms with Gasteiger partial charge in [-0.2, -0.15) is 0 Å². The largest absolute Gasteiger partial charge is 0.504 e. The first-order chi connectivity index (χ1) is 19.0. The number of methoxy groups -OCH3 is 2.